The van der Waals surface area contributed by atoms with Crippen LogP contribution in [0.4, 0.5) is 0 Å². The maximum Gasteiger partial charge on any atom is 0.316 e. The van der Waals surface area contributed by atoms with Crippen LogP contribution in [0.25, 0.3) is 0 Å². The molecule has 0 spiro atoms. The Kier molecular flexibility index (Phi) is 7.14. The van der Waals surface area contributed by atoms with Crippen molar-refractivity contribution in [2.45, 2.75) is 51.7 Å². The zero-order chi connectivity index (χ0) is 14.4. The van der Waals surface area contributed by atoms with Crippen LogP contribution in [0.2, 0.25) is 0 Å². The average Bonchev–Trinajstić information content (AvgIpc) is 2.25. The summed E-state index contributed by atoms with van der Waals surface area (Å²) in [5, 5.41) is 0. The number of hydrogen-bond donors (Lipinski definition) is 2. The normalized spacial score (nSPS) is 12.1. The highest BCUT2D eigenvalue weighted by molar-refractivity contribution is 7.81. The molecule has 0 aromatic rings. The summed E-state index contributed by atoms with van der Waals surface area (Å²) in [4.78, 5) is 22.4. The molecule has 0 aromatic heterocycles. The Labute approximate surface area is 120 Å². The minimum Gasteiger partial charge on any atom is -0.459 e. The molecule has 0 aromatic carbocycles. The van der Waals surface area contributed by atoms with Crippen molar-refractivity contribution in [3.05, 3.63) is 0 Å². The number of ether oxygens (including phenoxy) is 2. The number of thiol groups is 2. The molecule has 106 valence electrons. The van der Waals surface area contributed by atoms with Crippen molar-refractivity contribution in [3.8, 4) is 0 Å². The lowest BCUT2D eigenvalue weighted by atomic mass is 9.94. The van der Waals surface area contributed by atoms with Crippen molar-refractivity contribution in [1.82, 2.24) is 0 Å². The molecule has 18 heavy (non-hydrogen) atoms. The van der Waals surface area contributed by atoms with Gasteiger partial charge in [0.05, 0.1) is 11.5 Å². The maximum atomic E-state index is 11.2. The quantitative estimate of drug-likeness (QED) is 0.559. The molecule has 0 unspecified atom stereocenters. The molecule has 0 aliphatic rings. The van der Waals surface area contributed by atoms with Crippen LogP contribution in [-0.2, 0) is 19.1 Å². The van der Waals surface area contributed by atoms with Gasteiger partial charge in [-0.3, -0.25) is 9.59 Å². The molecule has 0 amide bonds. The van der Waals surface area contributed by atoms with E-state index < -0.39 is 11.2 Å². The Morgan fingerprint density at radius 3 is 1.33 bits per heavy atom. The fourth-order valence-electron chi connectivity index (χ4n) is 1.39. The molecule has 0 N–H and O–H groups in total. The second-order valence-electron chi connectivity index (χ2n) is 5.28. The van der Waals surface area contributed by atoms with Gasteiger partial charge in [-0.2, -0.15) is 25.3 Å². The van der Waals surface area contributed by atoms with E-state index in [0.717, 1.165) is 0 Å². The highest BCUT2D eigenvalue weighted by Gasteiger charge is 2.29. The molecule has 0 bridgehead atoms. The number of carbonyl (C=O) groups excluding carboxylic acids is 2. The topological polar surface area (TPSA) is 52.6 Å². The average molecular weight is 294 g/mol. The first-order chi connectivity index (χ1) is 8.12. The summed E-state index contributed by atoms with van der Waals surface area (Å²) in [5.74, 6) is -0.592. The standard InChI is InChI=1S/C12H22O4S2/c1-11(2,15-9(13)7-17)5-6-12(3,4)16-10(14)8-18/h17-18H,5-8H2,1-4H3. The first-order valence-electron chi connectivity index (χ1n) is 5.77. The van der Waals surface area contributed by atoms with Crippen LogP contribution < -0.4 is 0 Å². The molecule has 0 saturated carbocycles. The second-order valence-corrected chi connectivity index (χ2v) is 5.92. The van der Waals surface area contributed by atoms with E-state index in [-0.39, 0.29) is 23.4 Å². The molecule has 0 fully saturated rings. The number of carbonyl (C=O) groups is 2. The van der Waals surface area contributed by atoms with Gasteiger partial charge in [0.2, 0.25) is 0 Å². The lowest BCUT2D eigenvalue weighted by Gasteiger charge is -2.30. The molecule has 0 rings (SSSR count). The fraction of sp³-hybridized carbons (Fsp3) is 0.833. The zero-order valence-electron chi connectivity index (χ0n) is 11.4. The zero-order valence-corrected chi connectivity index (χ0v) is 13.1. The van der Waals surface area contributed by atoms with Crippen molar-refractivity contribution in [2.75, 3.05) is 11.5 Å². The molecule has 4 nitrogen and oxygen atoms in total. The summed E-state index contributed by atoms with van der Waals surface area (Å²) < 4.78 is 10.5. The Bertz CT molecular complexity index is 270. The molecular formula is C12H22O4S2. The molecular weight excluding hydrogens is 272 g/mol. The summed E-state index contributed by atoms with van der Waals surface area (Å²) in [6.45, 7) is 7.30. The predicted molar refractivity (Wildman–Crippen MR) is 77.3 cm³/mol. The lowest BCUT2D eigenvalue weighted by Crippen LogP contribution is -2.34. The molecule has 0 atom stereocenters. The van der Waals surface area contributed by atoms with Gasteiger partial charge in [0.1, 0.15) is 11.2 Å². The molecule has 0 aliphatic heterocycles. The van der Waals surface area contributed by atoms with Gasteiger partial charge in [0, 0.05) is 0 Å². The number of hydrogen-bond acceptors (Lipinski definition) is 6. The summed E-state index contributed by atoms with van der Waals surface area (Å²) in [6, 6.07) is 0. The van der Waals surface area contributed by atoms with Gasteiger partial charge in [-0.05, 0) is 40.5 Å². The lowest BCUT2D eigenvalue weighted by molar-refractivity contribution is -0.160. The van der Waals surface area contributed by atoms with E-state index in [1.54, 1.807) is 0 Å². The molecule has 0 aliphatic carbocycles. The van der Waals surface area contributed by atoms with Gasteiger partial charge in [0.15, 0.2) is 0 Å². The summed E-state index contributed by atoms with van der Waals surface area (Å²) in [5.41, 5.74) is -1.19. The number of esters is 2. The SMILES string of the molecule is CC(C)(CCC(C)(C)OC(=O)CS)OC(=O)CS. The Morgan fingerprint density at radius 2 is 1.11 bits per heavy atom. The minimum atomic E-state index is -0.593. The van der Waals surface area contributed by atoms with Crippen LogP contribution in [-0.4, -0.2) is 34.6 Å². The van der Waals surface area contributed by atoms with E-state index >= 15 is 0 Å². The summed E-state index contributed by atoms with van der Waals surface area (Å²) >= 11 is 7.72. The third kappa shape index (κ3) is 7.87. The second kappa shape index (κ2) is 7.28. The largest absolute Gasteiger partial charge is 0.459 e. The van der Waals surface area contributed by atoms with Gasteiger partial charge in [0.25, 0.3) is 0 Å². The maximum absolute atomic E-state index is 11.2. The molecule has 0 radical (unpaired) electrons. The Morgan fingerprint density at radius 1 is 0.833 bits per heavy atom. The van der Waals surface area contributed by atoms with Crippen LogP contribution in [0.1, 0.15) is 40.5 Å². The van der Waals surface area contributed by atoms with E-state index in [1.807, 2.05) is 27.7 Å². The van der Waals surface area contributed by atoms with Gasteiger partial charge < -0.3 is 9.47 Å². The third-order valence-corrected chi connectivity index (χ3v) is 2.88. The summed E-state index contributed by atoms with van der Waals surface area (Å²) in [7, 11) is 0. The van der Waals surface area contributed by atoms with E-state index in [2.05, 4.69) is 25.3 Å². The van der Waals surface area contributed by atoms with Crippen LogP contribution >= 0.6 is 25.3 Å². The van der Waals surface area contributed by atoms with Gasteiger partial charge in [-0.1, -0.05) is 0 Å². The fourth-order valence-corrected chi connectivity index (χ4v) is 1.51. The van der Waals surface area contributed by atoms with E-state index in [1.165, 1.54) is 0 Å². The highest BCUT2D eigenvalue weighted by atomic mass is 32.1. The predicted octanol–water partition coefficient (Wildman–Crippen LogP) is 2.27. The number of rotatable bonds is 7. The minimum absolute atomic E-state index is 0.0570. The van der Waals surface area contributed by atoms with Crippen molar-refractivity contribution in [3.63, 3.8) is 0 Å². The smallest absolute Gasteiger partial charge is 0.316 e. The Hall–Kier alpha value is -0.360. The molecule has 0 heterocycles. The van der Waals surface area contributed by atoms with E-state index in [4.69, 9.17) is 9.47 Å². The first-order valence-corrected chi connectivity index (χ1v) is 7.04. The van der Waals surface area contributed by atoms with Crippen LogP contribution in [0.15, 0.2) is 0 Å². The van der Waals surface area contributed by atoms with Gasteiger partial charge in [-0.25, -0.2) is 0 Å². The van der Waals surface area contributed by atoms with Gasteiger partial charge in [-0.15, -0.1) is 0 Å². The molecule has 6 heteroatoms. The van der Waals surface area contributed by atoms with Gasteiger partial charge >= 0.3 is 11.9 Å². The van der Waals surface area contributed by atoms with E-state index in [0.29, 0.717) is 12.8 Å². The van der Waals surface area contributed by atoms with Crippen LogP contribution in [0, 0.1) is 0 Å². The van der Waals surface area contributed by atoms with E-state index in [9.17, 15) is 9.59 Å². The third-order valence-electron chi connectivity index (χ3n) is 2.37. The van der Waals surface area contributed by atoms with Crippen LogP contribution in [0.5, 0.6) is 0 Å². The first kappa shape index (κ1) is 17.6. The van der Waals surface area contributed by atoms with Crippen molar-refractivity contribution in [1.29, 1.82) is 0 Å². The summed E-state index contributed by atoms with van der Waals surface area (Å²) in [6.07, 6.45) is 1.19. The molecule has 0 saturated heterocycles. The monoisotopic (exact) mass is 294 g/mol. The van der Waals surface area contributed by atoms with Crippen molar-refractivity contribution in [2.24, 2.45) is 0 Å². The van der Waals surface area contributed by atoms with Crippen molar-refractivity contribution >= 4 is 37.2 Å². The van der Waals surface area contributed by atoms with Crippen LogP contribution in [0.3, 0.4) is 0 Å². The van der Waals surface area contributed by atoms with Crippen molar-refractivity contribution < 1.29 is 19.1 Å². The highest BCUT2D eigenvalue weighted by Crippen LogP contribution is 2.25. The Balaban J connectivity index is 4.28.